The minimum absolute atomic E-state index is 0.248. The van der Waals surface area contributed by atoms with Crippen LogP contribution in [-0.4, -0.2) is 73.3 Å². The van der Waals surface area contributed by atoms with E-state index in [1.807, 2.05) is 7.05 Å². The molecule has 0 aromatic rings. The molecule has 24 heavy (non-hydrogen) atoms. The molecule has 0 bridgehead atoms. The first-order valence-corrected chi connectivity index (χ1v) is 10.6. The van der Waals surface area contributed by atoms with Gasteiger partial charge in [0, 0.05) is 43.6 Å². The van der Waals surface area contributed by atoms with E-state index in [1.54, 1.807) is 0 Å². The van der Waals surface area contributed by atoms with Crippen LogP contribution in [0.5, 0.6) is 0 Å². The molecular weight excluding hydrogens is 320 g/mol. The fraction of sp³-hybridized carbons (Fsp3) is 0.944. The molecule has 3 rings (SSSR count). The van der Waals surface area contributed by atoms with Gasteiger partial charge in [0.05, 0.1) is 0 Å². The van der Waals surface area contributed by atoms with Crippen molar-refractivity contribution >= 4 is 17.7 Å². The first-order chi connectivity index (χ1) is 11.7. The second-order valence-corrected chi connectivity index (χ2v) is 9.39. The molecule has 0 aliphatic carbocycles. The van der Waals surface area contributed by atoms with E-state index in [0.717, 1.165) is 45.1 Å². The monoisotopic (exact) mass is 354 g/mol. The summed E-state index contributed by atoms with van der Waals surface area (Å²) < 4.78 is 6.01. The first kappa shape index (κ1) is 18.3. The lowest BCUT2D eigenvalue weighted by molar-refractivity contribution is -0.0164. The van der Waals surface area contributed by atoms with Crippen LogP contribution < -0.4 is 10.6 Å². The molecule has 0 aromatic carbocycles. The SMILES string of the molecule is CN=C(NCC1(C)CCCS1)NCC1(N2CCCC2)CCOCC1. The first-order valence-electron chi connectivity index (χ1n) is 9.57. The summed E-state index contributed by atoms with van der Waals surface area (Å²) in [7, 11) is 1.88. The van der Waals surface area contributed by atoms with Crippen LogP contribution in [-0.2, 0) is 4.74 Å². The Bertz CT molecular complexity index is 425. The maximum absolute atomic E-state index is 5.64. The summed E-state index contributed by atoms with van der Waals surface area (Å²) in [5.41, 5.74) is 0.248. The van der Waals surface area contributed by atoms with Gasteiger partial charge in [-0.25, -0.2) is 0 Å². The minimum Gasteiger partial charge on any atom is -0.381 e. The highest BCUT2D eigenvalue weighted by atomic mass is 32.2. The number of hydrogen-bond donors (Lipinski definition) is 2. The van der Waals surface area contributed by atoms with E-state index in [2.05, 4.69) is 39.2 Å². The van der Waals surface area contributed by atoms with Gasteiger partial charge in [-0.3, -0.25) is 9.89 Å². The number of ether oxygens (including phenoxy) is 1. The summed E-state index contributed by atoms with van der Waals surface area (Å²) in [6.07, 6.45) is 7.58. The van der Waals surface area contributed by atoms with Crippen LogP contribution in [0.4, 0.5) is 0 Å². The summed E-state index contributed by atoms with van der Waals surface area (Å²) in [4.78, 5) is 7.16. The van der Waals surface area contributed by atoms with Gasteiger partial charge in [0.2, 0.25) is 0 Å². The highest BCUT2D eigenvalue weighted by molar-refractivity contribution is 8.00. The van der Waals surface area contributed by atoms with Crippen molar-refractivity contribution in [3.05, 3.63) is 0 Å². The Morgan fingerprint density at radius 3 is 2.42 bits per heavy atom. The van der Waals surface area contributed by atoms with Gasteiger partial charge in [-0.15, -0.1) is 0 Å². The van der Waals surface area contributed by atoms with Crippen molar-refractivity contribution < 1.29 is 4.74 Å². The lowest BCUT2D eigenvalue weighted by Crippen LogP contribution is -2.59. The number of hydrogen-bond acceptors (Lipinski definition) is 4. The van der Waals surface area contributed by atoms with Crippen molar-refractivity contribution in [2.45, 2.75) is 55.7 Å². The smallest absolute Gasteiger partial charge is 0.191 e. The zero-order valence-corrected chi connectivity index (χ0v) is 16.2. The number of thioether (sulfide) groups is 1. The van der Waals surface area contributed by atoms with Crippen molar-refractivity contribution in [2.24, 2.45) is 4.99 Å². The van der Waals surface area contributed by atoms with Crippen molar-refractivity contribution in [1.82, 2.24) is 15.5 Å². The summed E-state index contributed by atoms with van der Waals surface area (Å²) >= 11 is 2.09. The Hall–Kier alpha value is -0.460. The van der Waals surface area contributed by atoms with Crippen molar-refractivity contribution in [3.8, 4) is 0 Å². The molecule has 3 aliphatic rings. The Kier molecular flexibility index (Phi) is 6.33. The quantitative estimate of drug-likeness (QED) is 0.585. The van der Waals surface area contributed by atoms with E-state index >= 15 is 0 Å². The third-order valence-corrected chi connectivity index (χ3v) is 7.48. The predicted octanol–water partition coefficient (Wildman–Crippen LogP) is 2.08. The van der Waals surface area contributed by atoms with Crippen LogP contribution in [0.15, 0.2) is 4.99 Å². The van der Waals surface area contributed by atoms with Crippen molar-refractivity contribution in [3.63, 3.8) is 0 Å². The Balaban J connectivity index is 1.54. The van der Waals surface area contributed by atoms with Gasteiger partial charge in [0.15, 0.2) is 5.96 Å². The van der Waals surface area contributed by atoms with Crippen molar-refractivity contribution in [1.29, 1.82) is 0 Å². The number of rotatable bonds is 5. The number of nitrogens with one attached hydrogen (secondary N) is 2. The van der Waals surface area contributed by atoms with Gasteiger partial charge in [0.25, 0.3) is 0 Å². The van der Waals surface area contributed by atoms with Crippen molar-refractivity contribution in [2.75, 3.05) is 52.2 Å². The van der Waals surface area contributed by atoms with E-state index in [9.17, 15) is 0 Å². The molecule has 0 aromatic heterocycles. The van der Waals surface area contributed by atoms with Gasteiger partial charge in [0.1, 0.15) is 0 Å². The number of nitrogens with zero attached hydrogens (tertiary/aromatic N) is 2. The van der Waals surface area contributed by atoms with Crippen LogP contribution >= 0.6 is 11.8 Å². The maximum Gasteiger partial charge on any atom is 0.191 e. The summed E-state index contributed by atoms with van der Waals surface area (Å²) in [6.45, 7) is 8.59. The highest BCUT2D eigenvalue weighted by Crippen LogP contribution is 2.37. The van der Waals surface area contributed by atoms with E-state index in [1.165, 1.54) is 44.5 Å². The van der Waals surface area contributed by atoms with Crippen LogP contribution in [0.2, 0.25) is 0 Å². The van der Waals surface area contributed by atoms with E-state index in [0.29, 0.717) is 4.75 Å². The molecule has 2 N–H and O–H groups in total. The van der Waals surface area contributed by atoms with Gasteiger partial charge >= 0.3 is 0 Å². The van der Waals surface area contributed by atoms with Gasteiger partial charge in [-0.1, -0.05) is 0 Å². The molecule has 0 radical (unpaired) electrons. The minimum atomic E-state index is 0.248. The average Bonchev–Trinajstić information content (AvgIpc) is 3.28. The summed E-state index contributed by atoms with van der Waals surface area (Å²) in [6, 6.07) is 0. The van der Waals surface area contributed by atoms with E-state index < -0.39 is 0 Å². The Morgan fingerprint density at radius 1 is 1.08 bits per heavy atom. The third kappa shape index (κ3) is 4.38. The molecule has 138 valence electrons. The molecule has 1 atom stereocenters. The zero-order chi connectivity index (χ0) is 16.9. The Morgan fingerprint density at radius 2 is 1.79 bits per heavy atom. The van der Waals surface area contributed by atoms with Crippen LogP contribution in [0.1, 0.15) is 45.4 Å². The summed E-state index contributed by atoms with van der Waals surface area (Å²) in [5.74, 6) is 2.25. The molecule has 0 spiro atoms. The summed E-state index contributed by atoms with van der Waals surface area (Å²) in [5, 5.41) is 7.20. The fourth-order valence-electron chi connectivity index (χ4n) is 4.26. The molecule has 3 saturated heterocycles. The van der Waals surface area contributed by atoms with E-state index in [4.69, 9.17) is 4.74 Å². The van der Waals surface area contributed by atoms with Crippen LogP contribution in [0, 0.1) is 0 Å². The molecule has 3 fully saturated rings. The molecule has 3 heterocycles. The molecule has 3 aliphatic heterocycles. The van der Waals surface area contributed by atoms with Crippen LogP contribution in [0.25, 0.3) is 0 Å². The predicted molar refractivity (Wildman–Crippen MR) is 103 cm³/mol. The van der Waals surface area contributed by atoms with Gasteiger partial charge in [-0.05, 0) is 64.3 Å². The zero-order valence-electron chi connectivity index (χ0n) is 15.4. The fourth-order valence-corrected chi connectivity index (χ4v) is 5.51. The largest absolute Gasteiger partial charge is 0.381 e. The standard InChI is InChI=1S/C18H34N4OS/c1-17(6-5-13-24-17)14-20-16(19-2)21-15-18(7-11-23-12-8-18)22-9-3-4-10-22/h3-15H2,1-2H3,(H2,19,20,21). The number of guanidine groups is 1. The molecule has 0 saturated carbocycles. The molecular formula is C18H34N4OS. The second kappa shape index (κ2) is 8.28. The molecule has 6 heteroatoms. The van der Waals surface area contributed by atoms with Gasteiger partial charge in [-0.2, -0.15) is 11.8 Å². The topological polar surface area (TPSA) is 48.9 Å². The lowest BCUT2D eigenvalue weighted by Gasteiger charge is -2.45. The number of aliphatic imine (C=N–C) groups is 1. The maximum atomic E-state index is 5.64. The molecule has 5 nitrogen and oxygen atoms in total. The highest BCUT2D eigenvalue weighted by Gasteiger charge is 2.39. The average molecular weight is 355 g/mol. The molecule has 0 amide bonds. The second-order valence-electron chi connectivity index (χ2n) is 7.71. The Labute approximate surface area is 151 Å². The lowest BCUT2D eigenvalue weighted by atomic mass is 9.88. The molecule has 1 unspecified atom stereocenters. The normalized spacial score (nSPS) is 31.3. The number of likely N-dealkylation sites (tertiary alicyclic amines) is 1. The van der Waals surface area contributed by atoms with Gasteiger partial charge < -0.3 is 15.4 Å². The van der Waals surface area contributed by atoms with E-state index in [-0.39, 0.29) is 5.54 Å². The van der Waals surface area contributed by atoms with Crippen LogP contribution in [0.3, 0.4) is 0 Å². The third-order valence-electron chi connectivity index (χ3n) is 5.94.